The summed E-state index contributed by atoms with van der Waals surface area (Å²) in [6.45, 7) is 12.0. The van der Waals surface area contributed by atoms with Gasteiger partial charge in [0.25, 0.3) is 0 Å². The zero-order valence-electron chi connectivity index (χ0n) is 12.8. The minimum atomic E-state index is 0.451. The van der Waals surface area contributed by atoms with Gasteiger partial charge in [-0.3, -0.25) is 4.90 Å². The molecule has 1 saturated carbocycles. The highest BCUT2D eigenvalue weighted by Crippen LogP contribution is 2.33. The molecule has 2 fully saturated rings. The molecule has 0 bridgehead atoms. The van der Waals surface area contributed by atoms with E-state index in [9.17, 15) is 0 Å². The van der Waals surface area contributed by atoms with E-state index in [4.69, 9.17) is 0 Å². The first-order valence-corrected chi connectivity index (χ1v) is 8.09. The SMILES string of the molecule is CCC1CNC2(CCCCC2)CN1C(C)C(C)C. The lowest BCUT2D eigenvalue weighted by molar-refractivity contribution is 0.0141. The van der Waals surface area contributed by atoms with Crippen molar-refractivity contribution >= 4 is 0 Å². The summed E-state index contributed by atoms with van der Waals surface area (Å²) < 4.78 is 0. The molecule has 0 aromatic carbocycles. The summed E-state index contributed by atoms with van der Waals surface area (Å²) in [5, 5.41) is 3.92. The molecule has 0 aromatic heterocycles. The topological polar surface area (TPSA) is 15.3 Å². The summed E-state index contributed by atoms with van der Waals surface area (Å²) in [6.07, 6.45) is 8.36. The van der Waals surface area contributed by atoms with Crippen LogP contribution >= 0.6 is 0 Å². The lowest BCUT2D eigenvalue weighted by Crippen LogP contribution is -2.66. The van der Waals surface area contributed by atoms with Crippen LogP contribution < -0.4 is 5.32 Å². The molecule has 0 aromatic rings. The Balaban J connectivity index is 2.08. The van der Waals surface area contributed by atoms with E-state index in [1.54, 1.807) is 0 Å². The molecule has 2 rings (SSSR count). The quantitative estimate of drug-likeness (QED) is 0.828. The van der Waals surface area contributed by atoms with E-state index in [1.807, 2.05) is 0 Å². The van der Waals surface area contributed by atoms with Crippen molar-refractivity contribution < 1.29 is 0 Å². The van der Waals surface area contributed by atoms with Gasteiger partial charge in [-0.2, -0.15) is 0 Å². The van der Waals surface area contributed by atoms with E-state index in [1.165, 1.54) is 51.6 Å². The third kappa shape index (κ3) is 2.91. The second kappa shape index (κ2) is 5.92. The Morgan fingerprint density at radius 3 is 2.39 bits per heavy atom. The van der Waals surface area contributed by atoms with Gasteiger partial charge in [0, 0.05) is 30.7 Å². The van der Waals surface area contributed by atoms with Crippen LogP contribution in [0, 0.1) is 5.92 Å². The maximum absolute atomic E-state index is 3.92. The fourth-order valence-electron chi connectivity index (χ4n) is 3.79. The predicted octanol–water partition coefficient (Wildman–Crippen LogP) is 3.42. The zero-order chi connectivity index (χ0) is 13.2. The van der Waals surface area contributed by atoms with Crippen LogP contribution in [0.5, 0.6) is 0 Å². The van der Waals surface area contributed by atoms with Gasteiger partial charge < -0.3 is 5.32 Å². The molecule has 2 unspecified atom stereocenters. The fraction of sp³-hybridized carbons (Fsp3) is 1.00. The van der Waals surface area contributed by atoms with E-state index in [0.29, 0.717) is 5.54 Å². The molecule has 0 radical (unpaired) electrons. The molecule has 1 heterocycles. The molecule has 2 aliphatic rings. The normalized spacial score (nSPS) is 30.8. The minimum Gasteiger partial charge on any atom is -0.308 e. The number of hydrogen-bond acceptors (Lipinski definition) is 2. The summed E-state index contributed by atoms with van der Waals surface area (Å²) in [5.74, 6) is 0.762. The van der Waals surface area contributed by atoms with Gasteiger partial charge in [0.1, 0.15) is 0 Å². The summed E-state index contributed by atoms with van der Waals surface area (Å²) in [4.78, 5) is 2.81. The van der Waals surface area contributed by atoms with Gasteiger partial charge >= 0.3 is 0 Å². The van der Waals surface area contributed by atoms with Crippen molar-refractivity contribution in [3.8, 4) is 0 Å². The second-order valence-corrected chi connectivity index (χ2v) is 6.94. The van der Waals surface area contributed by atoms with E-state index >= 15 is 0 Å². The predicted molar refractivity (Wildman–Crippen MR) is 78.9 cm³/mol. The third-order valence-corrected chi connectivity index (χ3v) is 5.44. The first-order valence-electron chi connectivity index (χ1n) is 8.09. The maximum atomic E-state index is 3.92. The molecule has 2 heteroatoms. The highest BCUT2D eigenvalue weighted by molar-refractivity contribution is 5.00. The van der Waals surface area contributed by atoms with Crippen molar-refractivity contribution in [1.82, 2.24) is 10.2 Å². The Bertz CT molecular complexity index is 254. The van der Waals surface area contributed by atoms with Crippen molar-refractivity contribution in [3.63, 3.8) is 0 Å². The van der Waals surface area contributed by atoms with Crippen molar-refractivity contribution in [1.29, 1.82) is 0 Å². The van der Waals surface area contributed by atoms with E-state index in [-0.39, 0.29) is 0 Å². The van der Waals surface area contributed by atoms with Crippen LogP contribution in [-0.2, 0) is 0 Å². The van der Waals surface area contributed by atoms with Gasteiger partial charge in [0.2, 0.25) is 0 Å². The first-order chi connectivity index (χ1) is 8.58. The molecule has 18 heavy (non-hydrogen) atoms. The number of rotatable bonds is 3. The smallest absolute Gasteiger partial charge is 0.0309 e. The number of piperazine rings is 1. The number of hydrogen-bond donors (Lipinski definition) is 1. The molecule has 1 aliphatic heterocycles. The van der Waals surface area contributed by atoms with Gasteiger partial charge in [0.05, 0.1) is 0 Å². The summed E-state index contributed by atoms with van der Waals surface area (Å²) >= 11 is 0. The van der Waals surface area contributed by atoms with E-state index in [0.717, 1.165) is 18.0 Å². The summed E-state index contributed by atoms with van der Waals surface area (Å²) in [5.41, 5.74) is 0.451. The minimum absolute atomic E-state index is 0.451. The summed E-state index contributed by atoms with van der Waals surface area (Å²) in [6, 6.07) is 1.46. The molecule has 1 spiro atoms. The average molecular weight is 252 g/mol. The molecule has 0 amide bonds. The Labute approximate surface area is 114 Å². The van der Waals surface area contributed by atoms with Crippen LogP contribution in [0.25, 0.3) is 0 Å². The summed E-state index contributed by atoms with van der Waals surface area (Å²) in [7, 11) is 0. The van der Waals surface area contributed by atoms with E-state index < -0.39 is 0 Å². The molecule has 106 valence electrons. The monoisotopic (exact) mass is 252 g/mol. The van der Waals surface area contributed by atoms with Gasteiger partial charge in [-0.1, -0.05) is 40.0 Å². The van der Waals surface area contributed by atoms with E-state index in [2.05, 4.69) is 37.9 Å². The van der Waals surface area contributed by atoms with Crippen LogP contribution in [0.3, 0.4) is 0 Å². The lowest BCUT2D eigenvalue weighted by atomic mass is 9.78. The zero-order valence-corrected chi connectivity index (χ0v) is 12.8. The molecular formula is C16H32N2. The Hall–Kier alpha value is -0.0800. The molecule has 1 N–H and O–H groups in total. The van der Waals surface area contributed by atoms with Crippen molar-refractivity contribution in [3.05, 3.63) is 0 Å². The standard InChI is InChI=1S/C16H32N2/c1-5-15-11-17-16(9-7-6-8-10-16)12-18(15)14(4)13(2)3/h13-15,17H,5-12H2,1-4H3. The fourth-order valence-corrected chi connectivity index (χ4v) is 3.79. The van der Waals surface area contributed by atoms with Crippen LogP contribution in [0.1, 0.15) is 66.2 Å². The van der Waals surface area contributed by atoms with Crippen LogP contribution in [0.4, 0.5) is 0 Å². The molecular weight excluding hydrogens is 220 g/mol. The molecule has 2 atom stereocenters. The van der Waals surface area contributed by atoms with Crippen molar-refractivity contribution in [2.24, 2.45) is 5.92 Å². The van der Waals surface area contributed by atoms with Crippen molar-refractivity contribution in [2.75, 3.05) is 13.1 Å². The highest BCUT2D eigenvalue weighted by Gasteiger charge is 2.41. The Morgan fingerprint density at radius 2 is 1.83 bits per heavy atom. The van der Waals surface area contributed by atoms with Crippen LogP contribution in [0.2, 0.25) is 0 Å². The second-order valence-electron chi connectivity index (χ2n) is 6.94. The Kier molecular flexibility index (Phi) is 4.71. The van der Waals surface area contributed by atoms with Crippen LogP contribution in [-0.4, -0.2) is 35.6 Å². The number of nitrogens with one attached hydrogen (secondary N) is 1. The van der Waals surface area contributed by atoms with Gasteiger partial charge in [-0.15, -0.1) is 0 Å². The van der Waals surface area contributed by atoms with Gasteiger partial charge in [0.15, 0.2) is 0 Å². The van der Waals surface area contributed by atoms with Crippen molar-refractivity contribution in [2.45, 2.75) is 83.8 Å². The molecule has 2 nitrogen and oxygen atoms in total. The molecule has 1 aliphatic carbocycles. The average Bonchev–Trinajstić information content (AvgIpc) is 2.38. The Morgan fingerprint density at radius 1 is 1.17 bits per heavy atom. The van der Waals surface area contributed by atoms with Gasteiger partial charge in [-0.25, -0.2) is 0 Å². The third-order valence-electron chi connectivity index (χ3n) is 5.44. The lowest BCUT2D eigenvalue weighted by Gasteiger charge is -2.52. The first kappa shape index (κ1) is 14.3. The maximum Gasteiger partial charge on any atom is 0.0309 e. The largest absolute Gasteiger partial charge is 0.308 e. The molecule has 1 saturated heterocycles. The highest BCUT2D eigenvalue weighted by atomic mass is 15.3. The van der Waals surface area contributed by atoms with Crippen LogP contribution in [0.15, 0.2) is 0 Å². The van der Waals surface area contributed by atoms with Gasteiger partial charge in [-0.05, 0) is 32.1 Å². The number of nitrogens with zero attached hydrogens (tertiary/aromatic N) is 1.